The van der Waals surface area contributed by atoms with E-state index in [-0.39, 0.29) is 17.9 Å². The van der Waals surface area contributed by atoms with Crippen LogP contribution in [0.15, 0.2) is 100 Å². The SMILES string of the molecule is O=C(Cn1c2ccccc2c(=O)c2ccccc21)N=c1sccn1Cc1ccccc1. The van der Waals surface area contributed by atoms with E-state index in [1.807, 2.05) is 75.3 Å². The van der Waals surface area contributed by atoms with E-state index >= 15 is 0 Å². The van der Waals surface area contributed by atoms with Gasteiger partial charge < -0.3 is 9.13 Å². The van der Waals surface area contributed by atoms with Gasteiger partial charge in [0.1, 0.15) is 6.54 Å². The predicted molar refractivity (Wildman–Crippen MR) is 124 cm³/mol. The molecule has 0 radical (unpaired) electrons. The van der Waals surface area contributed by atoms with E-state index in [0.717, 1.165) is 16.6 Å². The highest BCUT2D eigenvalue weighted by molar-refractivity contribution is 7.07. The summed E-state index contributed by atoms with van der Waals surface area (Å²) in [5.41, 5.74) is 2.59. The highest BCUT2D eigenvalue weighted by Crippen LogP contribution is 2.19. The van der Waals surface area contributed by atoms with Gasteiger partial charge in [0.15, 0.2) is 10.2 Å². The van der Waals surface area contributed by atoms with Gasteiger partial charge in [-0.25, -0.2) is 0 Å². The average molecular weight is 426 g/mol. The summed E-state index contributed by atoms with van der Waals surface area (Å²) in [4.78, 5) is 30.9. The topological polar surface area (TPSA) is 56.4 Å². The number of para-hydroxylation sites is 2. The van der Waals surface area contributed by atoms with Crippen LogP contribution >= 0.6 is 11.3 Å². The zero-order valence-corrected chi connectivity index (χ0v) is 17.5. The van der Waals surface area contributed by atoms with Crippen molar-refractivity contribution in [2.24, 2.45) is 4.99 Å². The largest absolute Gasteiger partial charge is 0.331 e. The van der Waals surface area contributed by atoms with Crippen LogP contribution in [0.5, 0.6) is 0 Å². The van der Waals surface area contributed by atoms with Crippen molar-refractivity contribution in [2.75, 3.05) is 0 Å². The van der Waals surface area contributed by atoms with Crippen LogP contribution in [0.25, 0.3) is 21.8 Å². The minimum Gasteiger partial charge on any atom is -0.331 e. The number of hydrogen-bond acceptors (Lipinski definition) is 3. The lowest BCUT2D eigenvalue weighted by atomic mass is 10.1. The normalized spacial score (nSPS) is 11.9. The molecule has 0 atom stereocenters. The molecule has 5 rings (SSSR count). The molecule has 152 valence electrons. The Labute approximate surface area is 182 Å². The lowest BCUT2D eigenvalue weighted by Gasteiger charge is -2.13. The van der Waals surface area contributed by atoms with Crippen LogP contribution in [0, 0.1) is 0 Å². The fourth-order valence-corrected chi connectivity index (χ4v) is 4.56. The Morgan fingerprint density at radius 1 is 0.839 bits per heavy atom. The lowest BCUT2D eigenvalue weighted by Crippen LogP contribution is -2.20. The highest BCUT2D eigenvalue weighted by Gasteiger charge is 2.12. The van der Waals surface area contributed by atoms with Gasteiger partial charge in [-0.2, -0.15) is 4.99 Å². The van der Waals surface area contributed by atoms with Crippen molar-refractivity contribution in [3.8, 4) is 0 Å². The molecule has 0 unspecified atom stereocenters. The molecule has 0 aliphatic carbocycles. The Morgan fingerprint density at radius 3 is 2.13 bits per heavy atom. The van der Waals surface area contributed by atoms with Crippen LogP contribution in [-0.4, -0.2) is 15.0 Å². The van der Waals surface area contributed by atoms with Gasteiger partial charge >= 0.3 is 0 Å². The third-order valence-corrected chi connectivity index (χ3v) is 6.04. The van der Waals surface area contributed by atoms with E-state index < -0.39 is 0 Å². The number of aromatic nitrogens is 2. The van der Waals surface area contributed by atoms with Crippen molar-refractivity contribution in [3.05, 3.63) is 111 Å². The molecule has 0 spiro atoms. The first kappa shape index (κ1) is 19.2. The number of thiazole rings is 1. The number of hydrogen-bond donors (Lipinski definition) is 0. The molecule has 3 aromatic carbocycles. The maximum atomic E-state index is 13.0. The predicted octanol–water partition coefficient (Wildman–Crippen LogP) is 4.19. The van der Waals surface area contributed by atoms with Gasteiger partial charge in [0.2, 0.25) is 0 Å². The number of amides is 1. The van der Waals surface area contributed by atoms with Crippen LogP contribution in [0.1, 0.15) is 5.56 Å². The highest BCUT2D eigenvalue weighted by atomic mass is 32.1. The molecule has 5 aromatic rings. The minimum atomic E-state index is -0.261. The second kappa shape index (κ2) is 8.16. The summed E-state index contributed by atoms with van der Waals surface area (Å²) in [5, 5.41) is 3.13. The van der Waals surface area contributed by atoms with Gasteiger partial charge in [-0.3, -0.25) is 9.59 Å². The summed E-state index contributed by atoms with van der Waals surface area (Å²) < 4.78 is 3.85. The summed E-state index contributed by atoms with van der Waals surface area (Å²) in [6.45, 7) is 0.713. The summed E-state index contributed by atoms with van der Waals surface area (Å²) in [7, 11) is 0. The molecule has 31 heavy (non-hydrogen) atoms. The molecule has 0 fully saturated rings. The third kappa shape index (κ3) is 3.73. The van der Waals surface area contributed by atoms with E-state index in [2.05, 4.69) is 17.1 Å². The lowest BCUT2D eigenvalue weighted by molar-refractivity contribution is -0.118. The van der Waals surface area contributed by atoms with Gasteiger partial charge in [-0.05, 0) is 29.8 Å². The molecular weight excluding hydrogens is 406 g/mol. The van der Waals surface area contributed by atoms with Crippen molar-refractivity contribution >= 4 is 39.0 Å². The van der Waals surface area contributed by atoms with Gasteiger partial charge in [0.25, 0.3) is 5.91 Å². The van der Waals surface area contributed by atoms with Gasteiger partial charge in [-0.15, -0.1) is 11.3 Å². The zero-order chi connectivity index (χ0) is 21.2. The van der Waals surface area contributed by atoms with Crippen molar-refractivity contribution < 1.29 is 4.79 Å². The molecule has 0 aliphatic heterocycles. The molecule has 0 saturated carbocycles. The molecular formula is C25H19N3O2S. The monoisotopic (exact) mass is 425 g/mol. The van der Waals surface area contributed by atoms with E-state index in [1.165, 1.54) is 11.3 Å². The Kier molecular flexibility index (Phi) is 5.06. The molecule has 0 bridgehead atoms. The Balaban J connectivity index is 1.56. The molecule has 1 amide bonds. The third-order valence-electron chi connectivity index (χ3n) is 5.25. The van der Waals surface area contributed by atoms with Crippen LogP contribution < -0.4 is 10.2 Å². The van der Waals surface area contributed by atoms with Crippen LogP contribution in [0.3, 0.4) is 0 Å². The van der Waals surface area contributed by atoms with Gasteiger partial charge in [0.05, 0.1) is 11.0 Å². The number of carbonyl (C=O) groups is 1. The van der Waals surface area contributed by atoms with Crippen molar-refractivity contribution in [1.29, 1.82) is 0 Å². The number of pyridine rings is 1. The van der Waals surface area contributed by atoms with E-state index in [0.29, 0.717) is 22.1 Å². The quantitative estimate of drug-likeness (QED) is 0.406. The smallest absolute Gasteiger partial charge is 0.268 e. The first-order valence-corrected chi connectivity index (χ1v) is 10.8. The minimum absolute atomic E-state index is 0.0224. The number of fused-ring (bicyclic) bond motifs is 2. The Morgan fingerprint density at radius 2 is 1.45 bits per heavy atom. The molecule has 6 heteroatoms. The summed E-state index contributed by atoms with van der Waals surface area (Å²) in [5.74, 6) is -0.261. The number of rotatable bonds is 4. The second-order valence-corrected chi connectivity index (χ2v) is 8.13. The van der Waals surface area contributed by atoms with Crippen molar-refractivity contribution in [1.82, 2.24) is 9.13 Å². The van der Waals surface area contributed by atoms with Crippen LogP contribution in [0.2, 0.25) is 0 Å². The molecule has 0 N–H and O–H groups in total. The zero-order valence-electron chi connectivity index (χ0n) is 16.6. The van der Waals surface area contributed by atoms with E-state index in [1.54, 1.807) is 12.1 Å². The maximum Gasteiger partial charge on any atom is 0.268 e. The maximum absolute atomic E-state index is 13.0. The Bertz CT molecular complexity index is 1470. The fraction of sp³-hybridized carbons (Fsp3) is 0.0800. The molecule has 5 nitrogen and oxygen atoms in total. The molecule has 2 aromatic heterocycles. The van der Waals surface area contributed by atoms with Crippen molar-refractivity contribution in [2.45, 2.75) is 13.1 Å². The van der Waals surface area contributed by atoms with Crippen LogP contribution in [-0.2, 0) is 17.9 Å². The number of carbonyl (C=O) groups excluding carboxylic acids is 1. The average Bonchev–Trinajstić information content (AvgIpc) is 3.23. The van der Waals surface area contributed by atoms with Crippen molar-refractivity contribution in [3.63, 3.8) is 0 Å². The molecule has 0 saturated heterocycles. The second-order valence-electron chi connectivity index (χ2n) is 7.25. The van der Waals surface area contributed by atoms with E-state index in [4.69, 9.17) is 0 Å². The fourth-order valence-electron chi connectivity index (χ4n) is 3.81. The first-order valence-electron chi connectivity index (χ1n) is 9.96. The van der Waals surface area contributed by atoms with Gasteiger partial charge in [-0.1, -0.05) is 54.6 Å². The summed E-state index contributed by atoms with van der Waals surface area (Å²) in [6, 6.07) is 24.9. The van der Waals surface area contributed by atoms with Gasteiger partial charge in [0, 0.05) is 28.9 Å². The molecule has 0 aliphatic rings. The summed E-state index contributed by atoms with van der Waals surface area (Å²) >= 11 is 1.43. The standard InChI is InChI=1S/C25H19N3O2S/c29-23(26-25-27(14-15-31-25)16-18-8-2-1-3-9-18)17-28-21-12-6-4-10-19(21)24(30)20-11-5-7-13-22(20)28/h1-15H,16-17H2. The van der Waals surface area contributed by atoms with E-state index in [9.17, 15) is 9.59 Å². The Hall–Kier alpha value is -3.77. The summed E-state index contributed by atoms with van der Waals surface area (Å²) in [6.07, 6.45) is 1.94. The number of benzene rings is 3. The first-order chi connectivity index (χ1) is 15.2. The number of nitrogens with zero attached hydrogens (tertiary/aromatic N) is 3. The van der Waals surface area contributed by atoms with Crippen LogP contribution in [0.4, 0.5) is 0 Å². The molecule has 2 heterocycles.